The summed E-state index contributed by atoms with van der Waals surface area (Å²) in [5.41, 5.74) is 3.07. The highest BCUT2D eigenvalue weighted by atomic mass is 32.2. The number of aromatic nitrogens is 1. The lowest BCUT2D eigenvalue weighted by Crippen LogP contribution is -2.71. The van der Waals surface area contributed by atoms with Gasteiger partial charge in [0.2, 0.25) is 17.2 Å². The van der Waals surface area contributed by atoms with Crippen molar-refractivity contribution in [2.24, 2.45) is 0 Å². The fourth-order valence-corrected chi connectivity index (χ4v) is 8.74. The van der Waals surface area contributed by atoms with Crippen molar-refractivity contribution in [2.45, 2.75) is 55.1 Å². The van der Waals surface area contributed by atoms with Crippen LogP contribution in [0.5, 0.6) is 0 Å². The molecule has 4 N–H and O–H groups in total. The third-order valence-electron chi connectivity index (χ3n) is 9.27. The van der Waals surface area contributed by atoms with E-state index in [1.165, 1.54) is 16.7 Å². The number of carbonyl (C=O) groups is 4. The standard InChI is InChI=1S/C32H34N6O6S/c1-32(2)26(31(43)44)38-29(42)23(30(38)45-32)35-28(41)22(17-6-4-3-5-7-17)34-27(40)20-16-37-13-10-18-21(36-14-11-33-12-15-36)9-8-19(24(18)37)25(20)39/h3-9,16,22-23,26,30,33H,10-15H2,1-2H3,(H,34,40)(H,35,41)(H,43,44). The number of β-lactam (4-membered cyclic amide) rings is 1. The third kappa shape index (κ3) is 4.76. The first-order chi connectivity index (χ1) is 21.6. The number of nitrogens with one attached hydrogen (secondary N) is 3. The van der Waals surface area contributed by atoms with Gasteiger partial charge in [0.1, 0.15) is 29.1 Å². The summed E-state index contributed by atoms with van der Waals surface area (Å²) in [5.74, 6) is -2.90. The van der Waals surface area contributed by atoms with E-state index in [-0.39, 0.29) is 5.56 Å². The number of hydrogen-bond donors (Lipinski definition) is 4. The Labute approximate surface area is 263 Å². The predicted octanol–water partition coefficient (Wildman–Crippen LogP) is 1.07. The number of benzene rings is 2. The van der Waals surface area contributed by atoms with Gasteiger partial charge in [0.25, 0.3) is 5.91 Å². The molecular weight excluding hydrogens is 596 g/mol. The highest BCUT2D eigenvalue weighted by Gasteiger charge is 2.64. The van der Waals surface area contributed by atoms with Gasteiger partial charge >= 0.3 is 5.97 Å². The number of anilines is 1. The lowest BCUT2D eigenvalue weighted by molar-refractivity contribution is -0.161. The first kappa shape index (κ1) is 29.4. The van der Waals surface area contributed by atoms with Gasteiger partial charge in [-0.25, -0.2) is 4.79 Å². The van der Waals surface area contributed by atoms with Crippen LogP contribution in [0.15, 0.2) is 53.5 Å². The van der Waals surface area contributed by atoms with Crippen molar-refractivity contribution < 1.29 is 24.3 Å². The zero-order valence-electron chi connectivity index (χ0n) is 24.9. The average Bonchev–Trinajstić information content (AvgIpc) is 3.57. The number of carboxylic acid groups (broad SMARTS) is 1. The Kier molecular flexibility index (Phi) is 7.12. The van der Waals surface area contributed by atoms with Crippen LogP contribution in [0.2, 0.25) is 0 Å². The van der Waals surface area contributed by atoms with Crippen LogP contribution < -0.4 is 26.3 Å². The Morgan fingerprint density at radius 2 is 1.78 bits per heavy atom. The molecule has 5 heterocycles. The van der Waals surface area contributed by atoms with E-state index in [9.17, 15) is 29.1 Å². The fourth-order valence-electron chi connectivity index (χ4n) is 7.12. The molecule has 3 aromatic rings. The molecule has 4 aliphatic heterocycles. The molecule has 7 rings (SSSR count). The monoisotopic (exact) mass is 630 g/mol. The van der Waals surface area contributed by atoms with Crippen LogP contribution in [0, 0.1) is 0 Å². The van der Waals surface area contributed by atoms with Gasteiger partial charge in [-0.3, -0.25) is 19.2 Å². The maximum Gasteiger partial charge on any atom is 0.327 e. The first-order valence-corrected chi connectivity index (χ1v) is 16.0. The molecule has 2 aromatic carbocycles. The Morgan fingerprint density at radius 3 is 2.49 bits per heavy atom. The second-order valence-corrected chi connectivity index (χ2v) is 14.2. The van der Waals surface area contributed by atoms with Gasteiger partial charge in [-0.05, 0) is 38.0 Å². The summed E-state index contributed by atoms with van der Waals surface area (Å²) in [4.78, 5) is 69.8. The highest BCUT2D eigenvalue weighted by molar-refractivity contribution is 8.01. The van der Waals surface area contributed by atoms with Gasteiger partial charge in [-0.15, -0.1) is 11.8 Å². The van der Waals surface area contributed by atoms with E-state index in [4.69, 9.17) is 0 Å². The molecule has 234 valence electrons. The van der Waals surface area contributed by atoms with Gasteiger partial charge in [0.15, 0.2) is 0 Å². The van der Waals surface area contributed by atoms with Crippen LogP contribution >= 0.6 is 11.8 Å². The number of piperazine rings is 1. The van der Waals surface area contributed by atoms with Gasteiger partial charge in [-0.2, -0.15) is 0 Å². The molecule has 13 heteroatoms. The van der Waals surface area contributed by atoms with Gasteiger partial charge in [-0.1, -0.05) is 30.3 Å². The van der Waals surface area contributed by atoms with E-state index in [0.29, 0.717) is 17.5 Å². The number of rotatable bonds is 7. The Morgan fingerprint density at radius 1 is 1.04 bits per heavy atom. The lowest BCUT2D eigenvalue weighted by Gasteiger charge is -2.44. The van der Waals surface area contributed by atoms with Crippen molar-refractivity contribution in [3.05, 3.63) is 75.6 Å². The number of amides is 3. The number of pyridine rings is 1. The van der Waals surface area contributed by atoms with E-state index in [1.807, 2.05) is 10.6 Å². The lowest BCUT2D eigenvalue weighted by atomic mass is 9.95. The van der Waals surface area contributed by atoms with E-state index >= 15 is 0 Å². The summed E-state index contributed by atoms with van der Waals surface area (Å²) in [7, 11) is 0. The van der Waals surface area contributed by atoms with Crippen LogP contribution in [0.25, 0.3) is 10.9 Å². The first-order valence-electron chi connectivity index (χ1n) is 15.1. The molecule has 0 bridgehead atoms. The predicted molar refractivity (Wildman–Crippen MR) is 169 cm³/mol. The molecule has 0 radical (unpaired) electrons. The Hall–Kier alpha value is -4.36. The molecule has 0 saturated carbocycles. The van der Waals surface area contributed by atoms with Gasteiger partial charge in [0.05, 0.1) is 5.52 Å². The van der Waals surface area contributed by atoms with Crippen molar-refractivity contribution in [1.29, 1.82) is 0 Å². The molecule has 1 aromatic heterocycles. The molecule has 0 aliphatic carbocycles. The number of fused-ring (bicyclic) bond motifs is 1. The normalized spacial score (nSPS) is 23.8. The smallest absolute Gasteiger partial charge is 0.327 e. The van der Waals surface area contributed by atoms with Gasteiger partial charge in [0, 0.05) is 60.3 Å². The minimum absolute atomic E-state index is 0.0673. The summed E-state index contributed by atoms with van der Waals surface area (Å²) in [6.07, 6.45) is 2.33. The molecular formula is C32H34N6O6S. The Balaban J connectivity index is 1.16. The average molecular weight is 631 g/mol. The molecule has 3 amide bonds. The summed E-state index contributed by atoms with van der Waals surface area (Å²) in [6, 6.07) is 9.22. The van der Waals surface area contributed by atoms with E-state index in [0.717, 1.165) is 49.4 Å². The molecule has 3 fully saturated rings. The molecule has 4 unspecified atom stereocenters. The zero-order chi connectivity index (χ0) is 31.6. The summed E-state index contributed by atoms with van der Waals surface area (Å²) in [6.45, 7) is 7.71. The van der Waals surface area contributed by atoms with Crippen molar-refractivity contribution in [3.8, 4) is 0 Å². The second kappa shape index (κ2) is 10.9. The van der Waals surface area contributed by atoms with Crippen LogP contribution in [-0.4, -0.2) is 86.6 Å². The van der Waals surface area contributed by atoms with Crippen LogP contribution in [0.3, 0.4) is 0 Å². The third-order valence-corrected chi connectivity index (χ3v) is 10.8. The minimum Gasteiger partial charge on any atom is -0.480 e. The number of aliphatic carboxylic acids is 1. The zero-order valence-corrected chi connectivity index (χ0v) is 25.7. The SMILES string of the molecule is CC1(C)SC2C(NC(=O)C(NC(=O)c3cn4c5c(c(N6CCNCC6)ccc5c3=O)CC4)c3ccccc3)C(=O)N2C1C(=O)O. The van der Waals surface area contributed by atoms with Crippen molar-refractivity contribution in [3.63, 3.8) is 0 Å². The highest BCUT2D eigenvalue weighted by Crippen LogP contribution is 2.50. The molecule has 12 nitrogen and oxygen atoms in total. The van der Waals surface area contributed by atoms with E-state index < -0.39 is 57.4 Å². The number of thioether (sulfide) groups is 1. The maximum absolute atomic E-state index is 13.8. The quantitative estimate of drug-likeness (QED) is 0.281. The molecule has 3 saturated heterocycles. The fraction of sp³-hybridized carbons (Fsp3) is 0.406. The van der Waals surface area contributed by atoms with Crippen LogP contribution in [0.4, 0.5) is 5.69 Å². The number of carboxylic acids is 1. The number of nitrogens with zero attached hydrogens (tertiary/aromatic N) is 3. The Bertz CT molecular complexity index is 1800. The van der Waals surface area contributed by atoms with Crippen molar-refractivity contribution in [1.82, 2.24) is 25.4 Å². The van der Waals surface area contributed by atoms with Crippen molar-refractivity contribution in [2.75, 3.05) is 31.1 Å². The number of carbonyl (C=O) groups excluding carboxylic acids is 3. The summed E-state index contributed by atoms with van der Waals surface area (Å²) in [5, 5.41) is 18.5. The number of aryl methyl sites for hydroxylation is 2. The van der Waals surface area contributed by atoms with E-state index in [1.54, 1.807) is 56.4 Å². The minimum atomic E-state index is -1.20. The topological polar surface area (TPSA) is 153 Å². The maximum atomic E-state index is 13.8. The van der Waals surface area contributed by atoms with E-state index in [2.05, 4.69) is 20.9 Å². The summed E-state index contributed by atoms with van der Waals surface area (Å²) < 4.78 is 1.20. The molecule has 0 spiro atoms. The second-order valence-electron chi connectivity index (χ2n) is 12.4. The molecule has 45 heavy (non-hydrogen) atoms. The molecule has 4 atom stereocenters. The van der Waals surface area contributed by atoms with Crippen LogP contribution in [-0.2, 0) is 27.3 Å². The van der Waals surface area contributed by atoms with Crippen molar-refractivity contribution >= 4 is 52.0 Å². The van der Waals surface area contributed by atoms with Crippen LogP contribution in [0.1, 0.15) is 41.4 Å². The largest absolute Gasteiger partial charge is 0.480 e. The summed E-state index contributed by atoms with van der Waals surface area (Å²) >= 11 is 1.32. The van der Waals surface area contributed by atoms with Gasteiger partial charge < -0.3 is 35.4 Å². The number of hydrogen-bond acceptors (Lipinski definition) is 8. The molecule has 4 aliphatic rings.